The van der Waals surface area contributed by atoms with Gasteiger partial charge < -0.3 is 24.2 Å². The zero-order valence-corrected chi connectivity index (χ0v) is 18.1. The molecule has 1 aromatic heterocycles. The maximum absolute atomic E-state index is 13.4. The van der Waals surface area contributed by atoms with Gasteiger partial charge in [-0.15, -0.1) is 18.3 Å². The number of alkyl halides is 3. The number of ether oxygens (including phenoxy) is 3. The molecule has 1 saturated heterocycles. The van der Waals surface area contributed by atoms with Gasteiger partial charge in [-0.1, -0.05) is 16.7 Å². The number of halogens is 5. The Morgan fingerprint density at radius 2 is 2.12 bits per heavy atom. The van der Waals surface area contributed by atoms with Crippen LogP contribution in [0.1, 0.15) is 18.4 Å². The van der Waals surface area contributed by atoms with E-state index in [-0.39, 0.29) is 41.3 Å². The summed E-state index contributed by atoms with van der Waals surface area (Å²) in [6.45, 7) is -1.37. The normalized spacial score (nSPS) is 17.2. The summed E-state index contributed by atoms with van der Waals surface area (Å²) < 4.78 is 68.2. The summed E-state index contributed by atoms with van der Waals surface area (Å²) in [4.78, 5) is 15.0. The van der Waals surface area contributed by atoms with Gasteiger partial charge in [0.1, 0.15) is 18.2 Å². The monoisotopic (exact) mass is 497 g/mol. The van der Waals surface area contributed by atoms with E-state index in [1.807, 2.05) is 0 Å². The molecule has 1 aliphatic heterocycles. The standard InChI is InChI=1S/C17H18ClF4N4O5Si/c18-11-2-1-10(7-12(11)19)29-8-14(27)26-32-6-3-13(23-9-32)15-24-25-16(31-15)28-4-5-30-17(20,21)22/h1-2,7,13,23H,3-6,8-9H2,(H,26,27)/t13-/m1/s1. The average molecular weight is 498 g/mol. The molecule has 1 fully saturated rings. The van der Waals surface area contributed by atoms with E-state index in [1.54, 1.807) is 0 Å². The number of nitrogens with one attached hydrogen (secondary N) is 2. The van der Waals surface area contributed by atoms with Crippen molar-refractivity contribution in [3.63, 3.8) is 0 Å². The molecule has 1 atom stereocenters. The molecule has 2 aromatic rings. The molecule has 1 radical (unpaired) electrons. The highest BCUT2D eigenvalue weighted by atomic mass is 35.5. The molecule has 0 bridgehead atoms. The highest BCUT2D eigenvalue weighted by Crippen LogP contribution is 2.24. The molecule has 15 heteroatoms. The Kier molecular flexibility index (Phi) is 8.28. The lowest BCUT2D eigenvalue weighted by Gasteiger charge is -2.26. The third-order valence-corrected chi connectivity index (χ3v) is 6.63. The van der Waals surface area contributed by atoms with Crippen molar-refractivity contribution in [1.29, 1.82) is 0 Å². The Hall–Kier alpha value is -2.42. The van der Waals surface area contributed by atoms with Crippen molar-refractivity contribution < 1.29 is 41.0 Å². The number of benzene rings is 1. The second kappa shape index (κ2) is 10.9. The first-order valence-electron chi connectivity index (χ1n) is 9.32. The van der Waals surface area contributed by atoms with Gasteiger partial charge in [0.25, 0.3) is 0 Å². The van der Waals surface area contributed by atoms with Crippen LogP contribution in [0.4, 0.5) is 17.6 Å². The first-order chi connectivity index (χ1) is 15.2. The van der Waals surface area contributed by atoms with Crippen LogP contribution in [0.3, 0.4) is 0 Å². The van der Waals surface area contributed by atoms with Gasteiger partial charge in [0, 0.05) is 12.2 Å². The summed E-state index contributed by atoms with van der Waals surface area (Å²) in [5, 5.41) is 10.6. The molecule has 1 aliphatic rings. The molecule has 0 saturated carbocycles. The van der Waals surface area contributed by atoms with E-state index in [4.69, 9.17) is 25.5 Å². The zero-order valence-electron chi connectivity index (χ0n) is 16.4. The second-order valence-corrected chi connectivity index (χ2v) is 9.26. The fourth-order valence-corrected chi connectivity index (χ4v) is 4.83. The number of hydrogen-bond donors (Lipinski definition) is 2. The molecule has 175 valence electrons. The quantitative estimate of drug-likeness (QED) is 0.309. The molecular weight excluding hydrogens is 480 g/mol. The molecule has 2 N–H and O–H groups in total. The summed E-state index contributed by atoms with van der Waals surface area (Å²) in [5.74, 6) is -0.537. The highest BCUT2D eigenvalue weighted by molar-refractivity contribution is 6.59. The molecule has 32 heavy (non-hydrogen) atoms. The zero-order chi connectivity index (χ0) is 23.1. The minimum Gasteiger partial charge on any atom is -0.484 e. The van der Waals surface area contributed by atoms with Crippen LogP contribution in [-0.2, 0) is 9.53 Å². The van der Waals surface area contributed by atoms with E-state index < -0.39 is 34.4 Å². The summed E-state index contributed by atoms with van der Waals surface area (Å²) in [5.41, 5.74) is 0. The van der Waals surface area contributed by atoms with Crippen molar-refractivity contribution in [3.8, 4) is 11.8 Å². The predicted molar refractivity (Wildman–Crippen MR) is 103 cm³/mol. The summed E-state index contributed by atoms with van der Waals surface area (Å²) >= 11 is 5.60. The van der Waals surface area contributed by atoms with Crippen LogP contribution in [0.25, 0.3) is 0 Å². The third kappa shape index (κ3) is 7.61. The van der Waals surface area contributed by atoms with Crippen LogP contribution in [0.2, 0.25) is 11.1 Å². The van der Waals surface area contributed by atoms with E-state index in [0.29, 0.717) is 18.6 Å². The number of nitrogens with zero attached hydrogens (tertiary/aromatic N) is 2. The van der Waals surface area contributed by atoms with Crippen molar-refractivity contribution in [3.05, 3.63) is 34.9 Å². The van der Waals surface area contributed by atoms with Gasteiger partial charge in [-0.05, 0) is 24.6 Å². The number of hydrogen-bond acceptors (Lipinski definition) is 8. The first kappa shape index (κ1) is 24.2. The molecule has 0 unspecified atom stereocenters. The van der Waals surface area contributed by atoms with Crippen LogP contribution < -0.4 is 19.8 Å². The molecule has 2 heterocycles. The number of carbonyl (C=O) groups excluding carboxylic acids is 1. The summed E-state index contributed by atoms with van der Waals surface area (Å²) in [7, 11) is -1.26. The largest absolute Gasteiger partial charge is 0.522 e. The molecule has 3 rings (SSSR count). The highest BCUT2D eigenvalue weighted by Gasteiger charge is 2.30. The van der Waals surface area contributed by atoms with E-state index in [9.17, 15) is 22.4 Å². The molecule has 1 amide bonds. The Labute approximate surface area is 186 Å². The van der Waals surface area contributed by atoms with Crippen molar-refractivity contribution in [2.24, 2.45) is 0 Å². The predicted octanol–water partition coefficient (Wildman–Crippen LogP) is 2.54. The number of carbonyl (C=O) groups is 1. The van der Waals surface area contributed by atoms with E-state index >= 15 is 0 Å². The number of amides is 1. The Morgan fingerprint density at radius 3 is 2.81 bits per heavy atom. The second-order valence-electron chi connectivity index (χ2n) is 6.54. The molecule has 1 aromatic carbocycles. The van der Waals surface area contributed by atoms with Gasteiger partial charge in [0.05, 0.1) is 17.7 Å². The topological polar surface area (TPSA) is 108 Å². The smallest absolute Gasteiger partial charge is 0.484 e. The van der Waals surface area contributed by atoms with E-state index in [0.717, 1.165) is 6.07 Å². The molecule has 0 spiro atoms. The molecule has 9 nitrogen and oxygen atoms in total. The van der Waals surface area contributed by atoms with Crippen LogP contribution >= 0.6 is 11.6 Å². The average Bonchev–Trinajstić information content (AvgIpc) is 3.21. The van der Waals surface area contributed by atoms with Crippen LogP contribution in [0.5, 0.6) is 11.8 Å². The van der Waals surface area contributed by atoms with Gasteiger partial charge in [0.2, 0.25) is 11.8 Å². The van der Waals surface area contributed by atoms with E-state index in [2.05, 4.69) is 25.2 Å². The maximum Gasteiger partial charge on any atom is 0.522 e. The lowest BCUT2D eigenvalue weighted by atomic mass is 10.2. The maximum atomic E-state index is 13.4. The number of aromatic nitrogens is 2. The van der Waals surface area contributed by atoms with Crippen molar-refractivity contribution in [2.75, 3.05) is 26.0 Å². The van der Waals surface area contributed by atoms with Crippen molar-refractivity contribution in [2.45, 2.75) is 24.9 Å². The van der Waals surface area contributed by atoms with Crippen LogP contribution in [-0.4, -0.2) is 57.4 Å². The molecule has 0 aliphatic carbocycles. The van der Waals surface area contributed by atoms with Gasteiger partial charge in [0.15, 0.2) is 15.6 Å². The number of rotatable bonds is 9. The fraction of sp³-hybridized carbons (Fsp3) is 0.471. The third-order valence-electron chi connectivity index (χ3n) is 4.17. The fourth-order valence-electron chi connectivity index (χ4n) is 2.73. The SMILES string of the molecule is O=C(COc1ccc(Cl)c(F)c1)N[Si]1CC[C@H](c2nnc(OCCOC(F)(F)F)o2)NC1. The first-order valence-corrected chi connectivity index (χ1v) is 11.6. The Balaban J connectivity index is 1.36. The van der Waals surface area contributed by atoms with Gasteiger partial charge in [-0.2, -0.15) is 0 Å². The lowest BCUT2D eigenvalue weighted by molar-refractivity contribution is -0.325. The van der Waals surface area contributed by atoms with Gasteiger partial charge >= 0.3 is 12.4 Å². The molecular formula is C17H18ClF4N4O5Si. The van der Waals surface area contributed by atoms with Gasteiger partial charge in [-0.25, -0.2) is 4.39 Å². The van der Waals surface area contributed by atoms with Crippen molar-refractivity contribution in [1.82, 2.24) is 20.5 Å². The summed E-state index contributed by atoms with van der Waals surface area (Å²) in [6, 6.07) is 4.33. The minimum absolute atomic E-state index is 0.0366. The van der Waals surface area contributed by atoms with Gasteiger partial charge in [-0.3, -0.25) is 9.53 Å². The van der Waals surface area contributed by atoms with Crippen molar-refractivity contribution >= 4 is 26.5 Å². The lowest BCUT2D eigenvalue weighted by Crippen LogP contribution is -2.51. The summed E-state index contributed by atoms with van der Waals surface area (Å²) in [6.07, 6.45) is -3.89. The Morgan fingerprint density at radius 1 is 1.31 bits per heavy atom. The minimum atomic E-state index is -4.73. The van der Waals surface area contributed by atoms with Crippen LogP contribution in [0, 0.1) is 5.82 Å². The Bertz CT molecular complexity index is 911. The van der Waals surface area contributed by atoms with E-state index in [1.165, 1.54) is 12.1 Å². The van der Waals surface area contributed by atoms with Crippen LogP contribution in [0.15, 0.2) is 22.6 Å².